The number of hydrogen-bond donors (Lipinski definition) is 2. The molecule has 0 atom stereocenters. The van der Waals surface area contributed by atoms with Gasteiger partial charge in [0.15, 0.2) is 5.82 Å². The minimum atomic E-state index is 0.312. The second kappa shape index (κ2) is 7.98. The van der Waals surface area contributed by atoms with Gasteiger partial charge in [0.2, 0.25) is 5.95 Å². The summed E-state index contributed by atoms with van der Waals surface area (Å²) in [5.41, 5.74) is 1.97. The molecule has 0 spiro atoms. The lowest BCUT2D eigenvalue weighted by Crippen LogP contribution is -2.18. The molecule has 1 saturated carbocycles. The van der Waals surface area contributed by atoms with Crippen LogP contribution in [0.15, 0.2) is 12.3 Å². The SMILES string of the molecule is CC(C)Nc1nc(C(C)C)cc2cnc(NCC3CCCCC3)nc12. The minimum Gasteiger partial charge on any atom is -0.366 e. The lowest BCUT2D eigenvalue weighted by molar-refractivity contribution is 0.373. The van der Waals surface area contributed by atoms with E-state index in [9.17, 15) is 0 Å². The van der Waals surface area contributed by atoms with Gasteiger partial charge in [-0.1, -0.05) is 33.1 Å². The van der Waals surface area contributed by atoms with E-state index in [1.54, 1.807) is 0 Å². The van der Waals surface area contributed by atoms with Crippen LogP contribution in [0.5, 0.6) is 0 Å². The molecule has 5 nitrogen and oxygen atoms in total. The van der Waals surface area contributed by atoms with E-state index in [1.807, 2.05) is 6.20 Å². The Kier molecular flexibility index (Phi) is 5.71. The molecule has 136 valence electrons. The van der Waals surface area contributed by atoms with E-state index in [1.165, 1.54) is 32.1 Å². The molecular weight excluding hydrogens is 310 g/mol. The first-order chi connectivity index (χ1) is 12.0. The molecule has 2 aromatic rings. The molecule has 0 amide bonds. The van der Waals surface area contributed by atoms with Crippen molar-refractivity contribution in [2.75, 3.05) is 17.2 Å². The normalized spacial score (nSPS) is 15.9. The molecule has 1 aliphatic carbocycles. The van der Waals surface area contributed by atoms with Crippen LogP contribution >= 0.6 is 0 Å². The van der Waals surface area contributed by atoms with Gasteiger partial charge in [0, 0.05) is 29.9 Å². The highest BCUT2D eigenvalue weighted by Gasteiger charge is 2.15. The number of rotatable bonds is 6. The van der Waals surface area contributed by atoms with Crippen molar-refractivity contribution in [3.63, 3.8) is 0 Å². The van der Waals surface area contributed by atoms with Crippen molar-refractivity contribution in [2.24, 2.45) is 5.92 Å². The summed E-state index contributed by atoms with van der Waals surface area (Å²) >= 11 is 0. The third kappa shape index (κ3) is 4.59. The molecule has 0 unspecified atom stereocenters. The fraction of sp³-hybridized carbons (Fsp3) is 0.650. The van der Waals surface area contributed by atoms with Gasteiger partial charge < -0.3 is 10.6 Å². The van der Waals surface area contributed by atoms with Gasteiger partial charge in [-0.3, -0.25) is 0 Å². The molecule has 25 heavy (non-hydrogen) atoms. The van der Waals surface area contributed by atoms with Crippen LogP contribution in [-0.4, -0.2) is 27.5 Å². The summed E-state index contributed by atoms with van der Waals surface area (Å²) in [6.45, 7) is 9.54. The molecule has 0 radical (unpaired) electrons. The molecule has 1 fully saturated rings. The van der Waals surface area contributed by atoms with Gasteiger partial charge in [-0.25, -0.2) is 15.0 Å². The Bertz CT molecular complexity index is 705. The molecule has 2 heterocycles. The molecule has 0 bridgehead atoms. The molecule has 0 aliphatic heterocycles. The Labute approximate surface area is 151 Å². The van der Waals surface area contributed by atoms with Crippen molar-refractivity contribution < 1.29 is 0 Å². The summed E-state index contributed by atoms with van der Waals surface area (Å²) in [7, 11) is 0. The predicted molar refractivity (Wildman–Crippen MR) is 105 cm³/mol. The van der Waals surface area contributed by atoms with Crippen LogP contribution in [0.25, 0.3) is 10.9 Å². The smallest absolute Gasteiger partial charge is 0.223 e. The lowest BCUT2D eigenvalue weighted by atomic mass is 9.89. The fourth-order valence-corrected chi connectivity index (χ4v) is 3.44. The molecule has 0 saturated heterocycles. The summed E-state index contributed by atoms with van der Waals surface area (Å²) in [6, 6.07) is 2.42. The Hall–Kier alpha value is -1.91. The van der Waals surface area contributed by atoms with Gasteiger partial charge >= 0.3 is 0 Å². The second-order valence-electron chi connectivity index (χ2n) is 7.87. The van der Waals surface area contributed by atoms with Gasteiger partial charge in [-0.2, -0.15) is 0 Å². The fourth-order valence-electron chi connectivity index (χ4n) is 3.44. The van der Waals surface area contributed by atoms with E-state index in [0.29, 0.717) is 17.9 Å². The number of nitrogens with zero attached hydrogens (tertiary/aromatic N) is 3. The van der Waals surface area contributed by atoms with E-state index < -0.39 is 0 Å². The Morgan fingerprint density at radius 1 is 1.08 bits per heavy atom. The zero-order chi connectivity index (χ0) is 17.8. The van der Waals surface area contributed by atoms with Crippen molar-refractivity contribution in [1.29, 1.82) is 0 Å². The summed E-state index contributed by atoms with van der Waals surface area (Å²) in [5.74, 6) is 2.70. The van der Waals surface area contributed by atoms with E-state index in [0.717, 1.165) is 34.9 Å². The molecule has 0 aromatic carbocycles. The highest BCUT2D eigenvalue weighted by molar-refractivity contribution is 5.89. The Balaban J connectivity index is 1.85. The van der Waals surface area contributed by atoms with Crippen LogP contribution < -0.4 is 10.6 Å². The van der Waals surface area contributed by atoms with E-state index in [-0.39, 0.29) is 0 Å². The quantitative estimate of drug-likeness (QED) is 0.777. The largest absolute Gasteiger partial charge is 0.366 e. The maximum atomic E-state index is 4.80. The molecule has 3 rings (SSSR count). The van der Waals surface area contributed by atoms with Crippen LogP contribution in [0.3, 0.4) is 0 Å². The first kappa shape index (κ1) is 17.9. The van der Waals surface area contributed by atoms with Crippen molar-refractivity contribution in [3.8, 4) is 0 Å². The lowest BCUT2D eigenvalue weighted by Gasteiger charge is -2.21. The number of hydrogen-bond acceptors (Lipinski definition) is 5. The van der Waals surface area contributed by atoms with Crippen LogP contribution in [0.4, 0.5) is 11.8 Å². The number of aromatic nitrogens is 3. The third-order valence-electron chi connectivity index (χ3n) is 4.88. The Morgan fingerprint density at radius 2 is 1.84 bits per heavy atom. The van der Waals surface area contributed by atoms with E-state index in [2.05, 4.69) is 49.4 Å². The minimum absolute atomic E-state index is 0.312. The first-order valence-electron chi connectivity index (χ1n) is 9.71. The van der Waals surface area contributed by atoms with Gasteiger partial charge in [0.25, 0.3) is 0 Å². The zero-order valence-electron chi connectivity index (χ0n) is 16.0. The van der Waals surface area contributed by atoms with Crippen LogP contribution in [-0.2, 0) is 0 Å². The average Bonchev–Trinajstić information content (AvgIpc) is 2.60. The molecular formula is C20H31N5. The summed E-state index contributed by atoms with van der Waals surface area (Å²) < 4.78 is 0. The topological polar surface area (TPSA) is 62.7 Å². The maximum absolute atomic E-state index is 4.80. The third-order valence-corrected chi connectivity index (χ3v) is 4.88. The van der Waals surface area contributed by atoms with Gasteiger partial charge in [0.1, 0.15) is 5.52 Å². The monoisotopic (exact) mass is 341 g/mol. The summed E-state index contributed by atoms with van der Waals surface area (Å²) in [6.07, 6.45) is 8.66. The highest BCUT2D eigenvalue weighted by atomic mass is 15.1. The van der Waals surface area contributed by atoms with Crippen molar-refractivity contribution in [1.82, 2.24) is 15.0 Å². The molecule has 1 aliphatic rings. The van der Waals surface area contributed by atoms with E-state index in [4.69, 9.17) is 9.97 Å². The maximum Gasteiger partial charge on any atom is 0.223 e. The van der Waals surface area contributed by atoms with Crippen LogP contribution in [0.2, 0.25) is 0 Å². The number of anilines is 2. The van der Waals surface area contributed by atoms with Crippen molar-refractivity contribution >= 4 is 22.7 Å². The van der Waals surface area contributed by atoms with Crippen LogP contribution in [0.1, 0.15) is 71.4 Å². The molecule has 2 aromatic heterocycles. The summed E-state index contributed by atoms with van der Waals surface area (Å²) in [5, 5.41) is 7.94. The summed E-state index contributed by atoms with van der Waals surface area (Å²) in [4.78, 5) is 14.1. The predicted octanol–water partition coefficient (Wildman–Crippen LogP) is 4.96. The second-order valence-corrected chi connectivity index (χ2v) is 7.87. The van der Waals surface area contributed by atoms with Gasteiger partial charge in [0.05, 0.1) is 0 Å². The number of fused-ring (bicyclic) bond motifs is 1. The number of nitrogens with one attached hydrogen (secondary N) is 2. The van der Waals surface area contributed by atoms with Crippen LogP contribution in [0, 0.1) is 5.92 Å². The zero-order valence-corrected chi connectivity index (χ0v) is 16.0. The van der Waals surface area contributed by atoms with Crippen molar-refractivity contribution in [2.45, 2.75) is 71.8 Å². The van der Waals surface area contributed by atoms with E-state index >= 15 is 0 Å². The van der Waals surface area contributed by atoms with Gasteiger partial charge in [-0.15, -0.1) is 0 Å². The first-order valence-corrected chi connectivity index (χ1v) is 9.71. The molecule has 2 N–H and O–H groups in total. The highest BCUT2D eigenvalue weighted by Crippen LogP contribution is 2.26. The van der Waals surface area contributed by atoms with Gasteiger partial charge in [-0.05, 0) is 44.6 Å². The molecule has 5 heteroatoms. The van der Waals surface area contributed by atoms with Crippen molar-refractivity contribution in [3.05, 3.63) is 18.0 Å². The standard InChI is InChI=1S/C20H31N5/c1-13(2)17-10-16-12-22-20(21-11-15-8-6-5-7-9-15)25-18(16)19(24-17)23-14(3)4/h10,12-15H,5-9,11H2,1-4H3,(H,23,24)(H,21,22,25). The average molecular weight is 342 g/mol. The number of pyridine rings is 1. The Morgan fingerprint density at radius 3 is 2.52 bits per heavy atom.